The third kappa shape index (κ3) is 4.30. The van der Waals surface area contributed by atoms with Gasteiger partial charge in [-0.2, -0.15) is 0 Å². The number of hydrogen-bond donors (Lipinski definition) is 1. The molecule has 0 saturated carbocycles. The third-order valence-corrected chi connectivity index (χ3v) is 3.11. The fourth-order valence-electron chi connectivity index (χ4n) is 2.39. The van der Waals surface area contributed by atoms with Crippen LogP contribution in [0.15, 0.2) is 18.2 Å². The van der Waals surface area contributed by atoms with Crippen LogP contribution in [0.3, 0.4) is 0 Å². The van der Waals surface area contributed by atoms with Gasteiger partial charge in [-0.05, 0) is 24.8 Å². The molecule has 1 N–H and O–H groups in total. The lowest BCUT2D eigenvalue weighted by atomic mass is 9.80. The van der Waals surface area contributed by atoms with Gasteiger partial charge in [0.25, 0.3) is 5.92 Å². The highest BCUT2D eigenvalue weighted by Crippen LogP contribution is 2.42. The van der Waals surface area contributed by atoms with Crippen molar-refractivity contribution in [2.45, 2.75) is 46.5 Å². The van der Waals surface area contributed by atoms with E-state index in [1.807, 2.05) is 6.92 Å². The van der Waals surface area contributed by atoms with E-state index in [0.29, 0.717) is 5.56 Å². The minimum absolute atomic E-state index is 0.0171. The summed E-state index contributed by atoms with van der Waals surface area (Å²) in [5.41, 5.74) is 0.502. The van der Waals surface area contributed by atoms with Crippen molar-refractivity contribution >= 4 is 5.97 Å². The number of alkyl halides is 2. The first-order chi connectivity index (χ1) is 8.53. The van der Waals surface area contributed by atoms with Crippen molar-refractivity contribution in [3.63, 3.8) is 0 Å². The summed E-state index contributed by atoms with van der Waals surface area (Å²) in [7, 11) is 0. The Morgan fingerprint density at radius 2 is 1.84 bits per heavy atom. The molecule has 106 valence electrons. The maximum absolute atomic E-state index is 14.3. The summed E-state index contributed by atoms with van der Waals surface area (Å²) in [6.07, 6.45) is -0.746. The number of rotatable bonds is 5. The lowest BCUT2D eigenvalue weighted by molar-refractivity contribution is -0.140. The summed E-state index contributed by atoms with van der Waals surface area (Å²) < 4.78 is 28.6. The van der Waals surface area contributed by atoms with E-state index in [1.54, 1.807) is 32.9 Å². The molecular formula is C15H20F2O2. The van der Waals surface area contributed by atoms with E-state index in [1.165, 1.54) is 6.07 Å². The van der Waals surface area contributed by atoms with Crippen LogP contribution in [0.25, 0.3) is 0 Å². The molecule has 0 bridgehead atoms. The van der Waals surface area contributed by atoms with Gasteiger partial charge >= 0.3 is 5.97 Å². The molecule has 0 spiro atoms. The summed E-state index contributed by atoms with van der Waals surface area (Å²) in [6, 6.07) is 4.80. The van der Waals surface area contributed by atoms with Crippen LogP contribution in [0.4, 0.5) is 8.78 Å². The van der Waals surface area contributed by atoms with Crippen molar-refractivity contribution in [1.82, 2.24) is 0 Å². The van der Waals surface area contributed by atoms with Crippen molar-refractivity contribution in [1.29, 1.82) is 0 Å². The van der Waals surface area contributed by atoms with Crippen molar-refractivity contribution in [3.8, 4) is 0 Å². The molecule has 0 atom stereocenters. The molecule has 0 radical (unpaired) electrons. The summed E-state index contributed by atoms with van der Waals surface area (Å²) in [4.78, 5) is 10.7. The average molecular weight is 270 g/mol. The molecule has 0 fully saturated rings. The van der Waals surface area contributed by atoms with E-state index in [4.69, 9.17) is 5.11 Å². The lowest BCUT2D eigenvalue weighted by Gasteiger charge is -2.29. The van der Waals surface area contributed by atoms with Gasteiger partial charge < -0.3 is 5.11 Å². The maximum Gasteiger partial charge on any atom is 0.303 e. The van der Waals surface area contributed by atoms with Gasteiger partial charge in [0.1, 0.15) is 0 Å². The Hall–Kier alpha value is -1.45. The largest absolute Gasteiger partial charge is 0.481 e. The second-order valence-electron chi connectivity index (χ2n) is 5.93. The van der Waals surface area contributed by atoms with Gasteiger partial charge in [-0.1, -0.05) is 37.6 Å². The number of hydrogen-bond acceptors (Lipinski definition) is 1. The molecule has 0 aliphatic carbocycles. The molecular weight excluding hydrogens is 250 g/mol. The second-order valence-corrected chi connectivity index (χ2v) is 5.93. The molecule has 0 heterocycles. The maximum atomic E-state index is 14.3. The highest BCUT2D eigenvalue weighted by Gasteiger charge is 2.40. The Balaban J connectivity index is 3.00. The highest BCUT2D eigenvalue weighted by molar-refractivity contribution is 5.67. The fraction of sp³-hybridized carbons (Fsp3) is 0.533. The summed E-state index contributed by atoms with van der Waals surface area (Å²) in [5.74, 6) is -4.07. The van der Waals surface area contributed by atoms with Gasteiger partial charge in [-0.25, -0.2) is 8.78 Å². The highest BCUT2D eigenvalue weighted by atomic mass is 19.3. The van der Waals surface area contributed by atoms with Gasteiger partial charge in [0.05, 0.1) is 6.42 Å². The molecule has 0 aromatic heterocycles. The Labute approximate surface area is 112 Å². The smallest absolute Gasteiger partial charge is 0.303 e. The number of benzene rings is 1. The Kier molecular flexibility index (Phi) is 4.33. The van der Waals surface area contributed by atoms with Crippen LogP contribution in [0.1, 0.15) is 43.4 Å². The van der Waals surface area contributed by atoms with E-state index >= 15 is 0 Å². The molecule has 0 aliphatic heterocycles. The predicted octanol–water partition coefficient (Wildman–Crippen LogP) is 4.29. The minimum atomic E-state index is -3.02. The van der Waals surface area contributed by atoms with Crippen LogP contribution in [-0.4, -0.2) is 11.1 Å². The van der Waals surface area contributed by atoms with Crippen molar-refractivity contribution in [2.75, 3.05) is 0 Å². The first-order valence-corrected chi connectivity index (χ1v) is 6.21. The van der Waals surface area contributed by atoms with Crippen LogP contribution in [-0.2, 0) is 10.7 Å². The molecule has 2 nitrogen and oxygen atoms in total. The van der Waals surface area contributed by atoms with Crippen LogP contribution in [0.5, 0.6) is 0 Å². The van der Waals surface area contributed by atoms with Gasteiger partial charge in [-0.3, -0.25) is 4.79 Å². The van der Waals surface area contributed by atoms with Crippen molar-refractivity contribution in [2.24, 2.45) is 5.41 Å². The molecule has 0 aliphatic rings. The van der Waals surface area contributed by atoms with Crippen LogP contribution >= 0.6 is 0 Å². The molecule has 1 aromatic rings. The average Bonchev–Trinajstić information content (AvgIpc) is 2.11. The Morgan fingerprint density at radius 1 is 1.26 bits per heavy atom. The first kappa shape index (κ1) is 15.6. The van der Waals surface area contributed by atoms with E-state index in [0.717, 1.165) is 5.56 Å². The number of carboxylic acid groups (broad SMARTS) is 1. The molecule has 1 aromatic carbocycles. The summed E-state index contributed by atoms with van der Waals surface area (Å²) >= 11 is 0. The second kappa shape index (κ2) is 5.27. The van der Waals surface area contributed by atoms with E-state index in [2.05, 4.69) is 0 Å². The number of halogens is 2. The Morgan fingerprint density at radius 3 is 2.32 bits per heavy atom. The van der Waals surface area contributed by atoms with Gasteiger partial charge in [0.2, 0.25) is 0 Å². The molecule has 1 rings (SSSR count). The topological polar surface area (TPSA) is 37.3 Å². The van der Waals surface area contributed by atoms with Crippen LogP contribution in [0.2, 0.25) is 0 Å². The molecule has 0 amide bonds. The van der Waals surface area contributed by atoms with Crippen LogP contribution < -0.4 is 0 Å². The van der Waals surface area contributed by atoms with E-state index in [9.17, 15) is 13.6 Å². The van der Waals surface area contributed by atoms with Crippen molar-refractivity contribution in [3.05, 3.63) is 34.9 Å². The molecule has 0 unspecified atom stereocenters. The number of aryl methyl sites for hydroxylation is 2. The van der Waals surface area contributed by atoms with Gasteiger partial charge in [0.15, 0.2) is 0 Å². The molecule has 19 heavy (non-hydrogen) atoms. The first-order valence-electron chi connectivity index (χ1n) is 6.21. The Bertz CT molecular complexity index is 479. The zero-order valence-corrected chi connectivity index (χ0v) is 11.8. The normalized spacial score (nSPS) is 12.5. The van der Waals surface area contributed by atoms with Crippen molar-refractivity contribution < 1.29 is 18.7 Å². The number of carbonyl (C=O) groups is 1. The predicted molar refractivity (Wildman–Crippen MR) is 70.5 cm³/mol. The van der Waals surface area contributed by atoms with E-state index < -0.39 is 23.7 Å². The van der Waals surface area contributed by atoms with Gasteiger partial charge in [0, 0.05) is 12.0 Å². The summed E-state index contributed by atoms with van der Waals surface area (Å²) in [6.45, 7) is 6.61. The van der Waals surface area contributed by atoms with Crippen LogP contribution in [0, 0.1) is 19.3 Å². The standard InChI is InChI=1S/C15H20F2O2/c1-10-5-6-12(11(2)7-10)15(16,17)9-14(3,4)8-13(18)19/h5-7H,8-9H2,1-4H3,(H,18,19). The third-order valence-electron chi connectivity index (χ3n) is 3.11. The zero-order valence-electron chi connectivity index (χ0n) is 11.8. The molecule has 0 saturated heterocycles. The molecule has 4 heteroatoms. The zero-order chi connectivity index (χ0) is 14.8. The lowest BCUT2D eigenvalue weighted by Crippen LogP contribution is -2.27. The SMILES string of the molecule is Cc1ccc(C(F)(F)CC(C)(C)CC(=O)O)c(C)c1. The number of carboxylic acids is 1. The quantitative estimate of drug-likeness (QED) is 0.866. The summed E-state index contributed by atoms with van der Waals surface area (Å²) in [5, 5.41) is 8.76. The minimum Gasteiger partial charge on any atom is -0.481 e. The monoisotopic (exact) mass is 270 g/mol. The number of aliphatic carboxylic acids is 1. The van der Waals surface area contributed by atoms with Gasteiger partial charge in [-0.15, -0.1) is 0 Å². The van der Waals surface area contributed by atoms with E-state index in [-0.39, 0.29) is 12.0 Å². The fourth-order valence-corrected chi connectivity index (χ4v) is 2.39.